The molecule has 2 heterocycles. The molecule has 352 valence electrons. The van der Waals surface area contributed by atoms with Crippen molar-refractivity contribution in [3.8, 4) is 0 Å². The second kappa shape index (κ2) is 23.8. The van der Waals surface area contributed by atoms with E-state index in [1.54, 1.807) is 25.2 Å². The molecule has 0 saturated heterocycles. The topological polar surface area (TPSA) is 198 Å². The van der Waals surface area contributed by atoms with Crippen LogP contribution < -0.4 is 61.5 Å². The number of hydrogen-bond acceptors (Lipinski definition) is 15. The molecular formula is C45H60KN3O12S4. The fraction of sp³-hybridized carbons (Fsp3) is 0.511. The molecule has 0 atom stereocenters. The Morgan fingerprint density at radius 1 is 0.969 bits per heavy atom. The van der Waals surface area contributed by atoms with Crippen molar-refractivity contribution in [3.63, 3.8) is 0 Å². The molecule has 0 bridgehead atoms. The molecule has 0 aromatic heterocycles. The molecule has 2 aliphatic heterocycles. The molecule has 65 heavy (non-hydrogen) atoms. The van der Waals surface area contributed by atoms with E-state index in [2.05, 4.69) is 81.7 Å². The van der Waals surface area contributed by atoms with Gasteiger partial charge in [-0.25, -0.2) is 26.4 Å². The number of sulfonamides is 1. The maximum absolute atomic E-state index is 13.9. The van der Waals surface area contributed by atoms with Crippen LogP contribution in [0.4, 0.5) is 11.4 Å². The molecule has 0 amide bonds. The van der Waals surface area contributed by atoms with Crippen LogP contribution in [0.2, 0.25) is 0 Å². The zero-order valence-electron chi connectivity index (χ0n) is 38.7. The van der Waals surface area contributed by atoms with Gasteiger partial charge in [-0.2, -0.15) is 8.91 Å². The monoisotopic (exact) mass is 1000 g/mol. The summed E-state index contributed by atoms with van der Waals surface area (Å²) in [4.78, 5) is 15.5. The van der Waals surface area contributed by atoms with Gasteiger partial charge in [-0.3, -0.25) is 9.83 Å². The largest absolute Gasteiger partial charge is 1.00 e. The smallest absolute Gasteiger partial charge is 0.748 e. The number of carbonyl (C=O) groups is 1. The van der Waals surface area contributed by atoms with Crippen LogP contribution in [0.15, 0.2) is 93.4 Å². The van der Waals surface area contributed by atoms with E-state index in [9.17, 15) is 31.4 Å². The first-order valence-electron chi connectivity index (χ1n) is 21.2. The molecule has 2 aromatic rings. The quantitative estimate of drug-likeness (QED) is 0.0315. The summed E-state index contributed by atoms with van der Waals surface area (Å²) in [6.07, 6.45) is 14.7. The standard InChI is InChI=1S/C45H61N3O12S4.K/c1-43(2,3)42(49)15-10-24-46(8)64(55,56)35-19-21-39-37(31-35)45(6,7)41(47(39)25-11-27-61-59-57-50)23-17-33-14-9-13-32(29-33)16-22-40-44(4,5)36-30-34(62-60-58-51)18-20-38(36)48(40)26-12-28-63(52,53)54;/h16-23,29-31H,9-15,24-28H2,1-8H3,(H2-,50,51,52,53,54);/q;+1/p-1. The molecule has 1 N–H and O–H groups in total. The first kappa shape index (κ1) is 56.0. The van der Waals surface area contributed by atoms with E-state index in [1.807, 2.05) is 43.5 Å². The fourth-order valence-corrected chi connectivity index (χ4v) is 10.9. The van der Waals surface area contributed by atoms with Gasteiger partial charge >= 0.3 is 51.4 Å². The van der Waals surface area contributed by atoms with E-state index in [4.69, 9.17) is 5.26 Å². The van der Waals surface area contributed by atoms with Crippen LogP contribution in [0.25, 0.3) is 0 Å². The summed E-state index contributed by atoms with van der Waals surface area (Å²) in [6.45, 7) is 15.0. The van der Waals surface area contributed by atoms with Gasteiger partial charge in [0.2, 0.25) is 15.7 Å². The average Bonchev–Trinajstić information content (AvgIpc) is 3.57. The molecule has 1 aliphatic carbocycles. The number of nitrogens with zero attached hydrogens (tertiary/aromatic N) is 3. The number of hydrogen-bond donors (Lipinski definition) is 1. The van der Waals surface area contributed by atoms with Crippen molar-refractivity contribution in [2.75, 3.05) is 43.1 Å². The molecule has 0 saturated carbocycles. The van der Waals surface area contributed by atoms with Crippen molar-refractivity contribution in [3.05, 3.63) is 94.7 Å². The van der Waals surface area contributed by atoms with E-state index < -0.39 is 42.1 Å². The molecule has 0 radical (unpaired) electrons. The van der Waals surface area contributed by atoms with Crippen LogP contribution in [0.3, 0.4) is 0 Å². The van der Waals surface area contributed by atoms with Crippen LogP contribution in [0, 0.1) is 5.41 Å². The van der Waals surface area contributed by atoms with Gasteiger partial charge in [-0.1, -0.05) is 57.9 Å². The third-order valence-corrected chi connectivity index (χ3v) is 15.8. The molecule has 0 fully saturated rings. The van der Waals surface area contributed by atoms with E-state index in [-0.39, 0.29) is 75.0 Å². The Balaban J connectivity index is 0.00000925. The molecule has 3 aliphatic rings. The molecule has 0 spiro atoms. The van der Waals surface area contributed by atoms with E-state index in [1.165, 1.54) is 4.31 Å². The summed E-state index contributed by atoms with van der Waals surface area (Å²) in [5.74, 6) is 0.125. The molecule has 20 heteroatoms. The Labute approximate surface area is 435 Å². The molecule has 2 aromatic carbocycles. The van der Waals surface area contributed by atoms with Crippen molar-refractivity contribution in [1.29, 1.82) is 0 Å². The Morgan fingerprint density at radius 3 is 2.38 bits per heavy atom. The summed E-state index contributed by atoms with van der Waals surface area (Å²) in [7, 11) is -6.71. The summed E-state index contributed by atoms with van der Waals surface area (Å²) in [6, 6.07) is 10.8. The number of rotatable bonds is 22. The first-order valence-corrected chi connectivity index (χ1v) is 25.9. The Kier molecular flexibility index (Phi) is 20.6. The minimum Gasteiger partial charge on any atom is -0.748 e. The SMILES string of the molecule is CN(CCCC(=O)C(C)(C)C)S(=O)(=O)c1ccc2c(c1)C(C)(C)/C(=C\C=C1C=C(/C=C/C3=[N+](CCCS(=O)(=O)[O-])c4ccc(SOO[O-])cc4C3(C)C)CCC\1)N2CCCSOOO.[K+]. The van der Waals surface area contributed by atoms with Gasteiger partial charge in [0.1, 0.15) is 12.3 Å². The normalized spacial score (nSPS) is 18.5. The number of benzene rings is 2. The van der Waals surface area contributed by atoms with Crippen molar-refractivity contribution in [2.24, 2.45) is 5.41 Å². The van der Waals surface area contributed by atoms with Crippen LogP contribution in [0.1, 0.15) is 105 Å². The van der Waals surface area contributed by atoms with Crippen LogP contribution in [0.5, 0.6) is 0 Å². The van der Waals surface area contributed by atoms with Gasteiger partial charge in [-0.05, 0) is 99.1 Å². The Morgan fingerprint density at radius 2 is 1.71 bits per heavy atom. The molecule has 5 rings (SSSR count). The van der Waals surface area contributed by atoms with Gasteiger partial charge < -0.3 is 14.7 Å². The van der Waals surface area contributed by atoms with Crippen LogP contribution in [-0.2, 0) is 54.5 Å². The fourth-order valence-electron chi connectivity index (χ4n) is 8.44. The number of anilines is 1. The maximum Gasteiger partial charge on any atom is 1.00 e. The third kappa shape index (κ3) is 14.3. The number of fused-ring (bicyclic) bond motifs is 2. The van der Waals surface area contributed by atoms with Gasteiger partial charge in [0.15, 0.2) is 5.71 Å². The Hall–Kier alpha value is -1.54. The summed E-state index contributed by atoms with van der Waals surface area (Å²) < 4.78 is 74.8. The minimum absolute atomic E-state index is 0. The van der Waals surface area contributed by atoms with Crippen molar-refractivity contribution in [2.45, 2.75) is 114 Å². The third-order valence-electron chi connectivity index (χ3n) is 12.0. The van der Waals surface area contributed by atoms with Gasteiger partial charge in [0, 0.05) is 101 Å². The van der Waals surface area contributed by atoms with E-state index >= 15 is 0 Å². The average molecular weight is 1000 g/mol. The van der Waals surface area contributed by atoms with Crippen molar-refractivity contribution < 1.29 is 111 Å². The predicted octanol–water partition coefficient (Wildman–Crippen LogP) is 4.98. The number of ketones is 1. The van der Waals surface area contributed by atoms with Crippen LogP contribution >= 0.6 is 24.1 Å². The maximum atomic E-state index is 13.9. The van der Waals surface area contributed by atoms with E-state index in [0.29, 0.717) is 43.0 Å². The number of allylic oxidation sites excluding steroid dienone is 8. The second-order valence-corrected chi connectivity index (χ2v) is 23.4. The zero-order valence-corrected chi connectivity index (χ0v) is 45.1. The van der Waals surface area contributed by atoms with Gasteiger partial charge in [0.05, 0.1) is 32.5 Å². The minimum atomic E-state index is -4.40. The summed E-state index contributed by atoms with van der Waals surface area (Å²) in [5.41, 5.74) is 6.09. The predicted molar refractivity (Wildman–Crippen MR) is 246 cm³/mol. The molecule has 0 unspecified atom stereocenters. The molecule has 15 nitrogen and oxygen atoms in total. The summed E-state index contributed by atoms with van der Waals surface area (Å²) >= 11 is 1.77. The van der Waals surface area contributed by atoms with Gasteiger partial charge in [0.25, 0.3) is 0 Å². The number of carbonyl (C=O) groups excluding carboxylic acids is 1. The van der Waals surface area contributed by atoms with Gasteiger partial charge in [-0.15, -0.1) is 4.33 Å². The first-order chi connectivity index (χ1) is 30.0. The van der Waals surface area contributed by atoms with Crippen molar-refractivity contribution in [1.82, 2.24) is 4.31 Å². The zero-order chi connectivity index (χ0) is 47.1. The van der Waals surface area contributed by atoms with E-state index in [0.717, 1.165) is 88.4 Å². The Bertz CT molecular complexity index is 2420. The number of Topliss-reactive ketones (excluding diaryl/α,β-unsaturated/α-hetero) is 1. The summed E-state index contributed by atoms with van der Waals surface area (Å²) in [5, 5.41) is 26.4. The second-order valence-electron chi connectivity index (χ2n) is 18.3. The molecular weight excluding hydrogens is 942 g/mol. The van der Waals surface area contributed by atoms with Crippen molar-refractivity contribution >= 4 is 67.1 Å². The van der Waals surface area contributed by atoms with Crippen LogP contribution in [-0.4, -0.2) is 85.2 Å².